The molecule has 0 aromatic carbocycles. The first-order valence-corrected chi connectivity index (χ1v) is 12.7. The summed E-state index contributed by atoms with van der Waals surface area (Å²) >= 11 is 0. The molecule has 0 aliphatic heterocycles. The van der Waals surface area contributed by atoms with Gasteiger partial charge in [-0.3, -0.25) is 9.59 Å². The Labute approximate surface area is 217 Å². The lowest BCUT2D eigenvalue weighted by molar-refractivity contribution is -0.120. The number of carbonyl (C=O) groups excluding carboxylic acids is 6. The van der Waals surface area contributed by atoms with Gasteiger partial charge in [-0.1, -0.05) is 55.4 Å². The molecule has 35 heavy (non-hydrogen) atoms. The summed E-state index contributed by atoms with van der Waals surface area (Å²) in [6.45, 7) is 26.8. The van der Waals surface area contributed by atoms with E-state index in [1.807, 2.05) is 55.4 Å². The first kappa shape index (κ1) is 46.4. The van der Waals surface area contributed by atoms with Crippen molar-refractivity contribution in [2.45, 2.75) is 136 Å². The smallest absolute Gasteiger partial charge is 0.132 e. The van der Waals surface area contributed by atoms with Crippen LogP contribution in [0.5, 0.6) is 0 Å². The van der Waals surface area contributed by atoms with Gasteiger partial charge < -0.3 is 19.2 Å². The van der Waals surface area contributed by atoms with E-state index in [1.165, 1.54) is 13.8 Å². The van der Waals surface area contributed by atoms with E-state index < -0.39 is 0 Å². The highest BCUT2D eigenvalue weighted by Gasteiger charge is 2.01. The Kier molecular flexibility index (Phi) is 45.3. The van der Waals surface area contributed by atoms with E-state index in [1.54, 1.807) is 34.6 Å². The van der Waals surface area contributed by atoms with Crippen LogP contribution >= 0.6 is 0 Å². The van der Waals surface area contributed by atoms with Crippen LogP contribution in [-0.2, 0) is 28.8 Å². The maximum atomic E-state index is 10.4. The third kappa shape index (κ3) is 99.6. The predicted octanol–water partition coefficient (Wildman–Crippen LogP) is 7.43. The van der Waals surface area contributed by atoms with Crippen LogP contribution in [0.2, 0.25) is 0 Å². The zero-order chi connectivity index (χ0) is 29.7. The Balaban J connectivity index is -0.0000000728. The highest BCUT2D eigenvalue weighted by molar-refractivity contribution is 5.78. The highest BCUT2D eigenvalue weighted by Crippen LogP contribution is 1.99. The van der Waals surface area contributed by atoms with E-state index in [0.29, 0.717) is 18.1 Å². The average Bonchev–Trinajstić information content (AvgIpc) is 2.67. The molecule has 0 bridgehead atoms. The molecule has 0 aromatic rings. The number of Topliss-reactive ketones (excluding diaryl/α,β-unsaturated/α-hetero) is 6. The Morgan fingerprint density at radius 3 is 0.886 bits per heavy atom. The first-order chi connectivity index (χ1) is 15.7. The molecule has 1 unspecified atom stereocenters. The van der Waals surface area contributed by atoms with Gasteiger partial charge in [-0.25, -0.2) is 0 Å². The molecule has 0 rings (SSSR count). The summed E-state index contributed by atoms with van der Waals surface area (Å²) in [7, 11) is 0. The van der Waals surface area contributed by atoms with Gasteiger partial charge >= 0.3 is 0 Å². The molecule has 0 heterocycles. The van der Waals surface area contributed by atoms with Crippen LogP contribution in [0, 0.1) is 17.8 Å². The number of ketones is 6. The molecular weight excluding hydrogens is 444 g/mol. The monoisotopic (exact) mass is 502 g/mol. The summed E-state index contributed by atoms with van der Waals surface area (Å²) < 4.78 is 0. The van der Waals surface area contributed by atoms with Crippen molar-refractivity contribution in [1.82, 2.24) is 0 Å². The van der Waals surface area contributed by atoms with Crippen molar-refractivity contribution in [3.8, 4) is 0 Å². The lowest BCUT2D eigenvalue weighted by Gasteiger charge is -1.98. The van der Waals surface area contributed by atoms with E-state index in [9.17, 15) is 28.8 Å². The molecule has 210 valence electrons. The molecule has 0 amide bonds. The van der Waals surface area contributed by atoms with Crippen molar-refractivity contribution in [3.63, 3.8) is 0 Å². The van der Waals surface area contributed by atoms with Crippen LogP contribution in [0.4, 0.5) is 0 Å². The van der Waals surface area contributed by atoms with E-state index in [4.69, 9.17) is 0 Å². The summed E-state index contributed by atoms with van der Waals surface area (Å²) in [5.74, 6) is 2.55. The summed E-state index contributed by atoms with van der Waals surface area (Å²) in [6.07, 6.45) is 4.07. The quantitative estimate of drug-likeness (QED) is 0.342. The lowest BCUT2D eigenvalue weighted by Crippen LogP contribution is -2.03. The zero-order valence-corrected chi connectivity index (χ0v) is 25.7. The minimum Gasteiger partial charge on any atom is -0.300 e. The zero-order valence-electron chi connectivity index (χ0n) is 25.7. The van der Waals surface area contributed by atoms with Crippen LogP contribution < -0.4 is 0 Å². The number of carbonyl (C=O) groups is 6. The number of rotatable bonds is 8. The van der Waals surface area contributed by atoms with Gasteiger partial charge in [0.2, 0.25) is 0 Å². The van der Waals surface area contributed by atoms with Gasteiger partial charge in [0, 0.05) is 31.1 Å². The molecule has 0 aromatic heterocycles. The van der Waals surface area contributed by atoms with Gasteiger partial charge in [0.15, 0.2) is 0 Å². The predicted molar refractivity (Wildman–Crippen MR) is 149 cm³/mol. The van der Waals surface area contributed by atoms with Gasteiger partial charge in [0.25, 0.3) is 0 Å². The second-order valence-electron chi connectivity index (χ2n) is 9.40. The van der Waals surface area contributed by atoms with Crippen LogP contribution in [0.3, 0.4) is 0 Å². The average molecular weight is 503 g/mol. The molecular formula is C29H58O6. The van der Waals surface area contributed by atoms with Gasteiger partial charge in [-0.2, -0.15) is 0 Å². The lowest BCUT2D eigenvalue weighted by atomic mass is 10.1. The van der Waals surface area contributed by atoms with Crippen LogP contribution in [0.15, 0.2) is 0 Å². The van der Waals surface area contributed by atoms with Gasteiger partial charge in [0.05, 0.1) is 0 Å². The van der Waals surface area contributed by atoms with Gasteiger partial charge in [-0.05, 0) is 67.2 Å². The van der Waals surface area contributed by atoms with Crippen LogP contribution in [-0.4, -0.2) is 34.7 Å². The SMILES string of the molecule is CC(=O)C(C)C.CC(=O)CC(C)C.CC(C)=O.CCC(C)=O.CCC(C)C(C)=O.CCCC(C)=O. The van der Waals surface area contributed by atoms with E-state index in [0.717, 1.165) is 25.7 Å². The fourth-order valence-electron chi connectivity index (χ4n) is 1.21. The molecule has 0 saturated heterocycles. The third-order valence-corrected chi connectivity index (χ3v) is 3.92. The molecule has 6 heteroatoms. The van der Waals surface area contributed by atoms with Crippen LogP contribution in [0.1, 0.15) is 136 Å². The Morgan fingerprint density at radius 2 is 0.886 bits per heavy atom. The van der Waals surface area contributed by atoms with Gasteiger partial charge in [-0.15, -0.1) is 0 Å². The molecule has 6 nitrogen and oxygen atoms in total. The third-order valence-electron chi connectivity index (χ3n) is 3.92. The van der Waals surface area contributed by atoms with Crippen LogP contribution in [0.25, 0.3) is 0 Å². The summed E-state index contributed by atoms with van der Waals surface area (Å²) in [5, 5.41) is 0. The van der Waals surface area contributed by atoms with Crippen molar-refractivity contribution in [3.05, 3.63) is 0 Å². The molecule has 0 saturated carbocycles. The molecule has 0 N–H and O–H groups in total. The van der Waals surface area contributed by atoms with E-state index in [2.05, 4.69) is 0 Å². The number of hydrogen-bond donors (Lipinski definition) is 0. The highest BCUT2D eigenvalue weighted by atomic mass is 16.1. The minimum absolute atomic E-state index is 0.167. The Morgan fingerprint density at radius 1 is 0.571 bits per heavy atom. The largest absolute Gasteiger partial charge is 0.300 e. The van der Waals surface area contributed by atoms with Crippen molar-refractivity contribution in [1.29, 1.82) is 0 Å². The second-order valence-corrected chi connectivity index (χ2v) is 9.40. The van der Waals surface area contributed by atoms with E-state index >= 15 is 0 Å². The topological polar surface area (TPSA) is 102 Å². The fourth-order valence-corrected chi connectivity index (χ4v) is 1.21. The minimum atomic E-state index is 0.167. The summed E-state index contributed by atoms with van der Waals surface area (Å²) in [4.78, 5) is 60.1. The Bertz CT molecular complexity index is 556. The second kappa shape index (κ2) is 34.2. The van der Waals surface area contributed by atoms with Crippen molar-refractivity contribution >= 4 is 34.7 Å². The number of hydrogen-bond acceptors (Lipinski definition) is 6. The summed E-state index contributed by atoms with van der Waals surface area (Å²) in [6, 6.07) is 0. The molecule has 0 fully saturated rings. The Hall–Kier alpha value is -1.98. The maximum Gasteiger partial charge on any atom is 0.132 e. The molecule has 0 aliphatic rings. The normalized spacial score (nSPS) is 9.51. The standard InChI is InChI=1S/2C6H12O.2C5H10O.C4H8O.C3H6O/c1-5(2)4-6(3)7;1-4-5(2)6(3)7;1-4(2)5(3)6;1-3-4-5(2)6;1-3-4(2)5;1-3(2)4/h2*5H,4H2,1-3H3;4H,1-3H3;3-4H2,1-2H3;3H2,1-2H3;1-2H3. The van der Waals surface area contributed by atoms with Gasteiger partial charge in [0.1, 0.15) is 34.7 Å². The summed E-state index contributed by atoms with van der Waals surface area (Å²) in [5.41, 5.74) is 0. The first-order valence-electron chi connectivity index (χ1n) is 12.7. The van der Waals surface area contributed by atoms with E-state index in [-0.39, 0.29) is 40.8 Å². The maximum absolute atomic E-state index is 10.4. The fraction of sp³-hybridized carbons (Fsp3) is 0.793. The van der Waals surface area contributed by atoms with Crippen molar-refractivity contribution in [2.75, 3.05) is 0 Å². The van der Waals surface area contributed by atoms with Crippen molar-refractivity contribution in [2.24, 2.45) is 17.8 Å². The van der Waals surface area contributed by atoms with Crippen molar-refractivity contribution < 1.29 is 28.8 Å². The molecule has 1 atom stereocenters. The molecule has 0 aliphatic carbocycles. The molecule has 0 spiro atoms. The molecule has 0 radical (unpaired) electrons.